The van der Waals surface area contributed by atoms with E-state index in [1.54, 1.807) is 0 Å². The Bertz CT molecular complexity index is 3930. The molecule has 0 unspecified atom stereocenters. The van der Waals surface area contributed by atoms with Gasteiger partial charge >= 0.3 is 0 Å². The molecule has 2 aliphatic carbocycles. The predicted molar refractivity (Wildman–Crippen MR) is 276 cm³/mol. The molecule has 0 amide bonds. The van der Waals surface area contributed by atoms with Crippen LogP contribution in [0.15, 0.2) is 200 Å². The van der Waals surface area contributed by atoms with E-state index in [1.165, 1.54) is 121 Å². The van der Waals surface area contributed by atoms with Crippen LogP contribution in [0, 0.1) is 0 Å². The average Bonchev–Trinajstić information content (AvgIpc) is 3.96. The highest BCUT2D eigenvalue weighted by molar-refractivity contribution is 6.24. The molecule has 0 saturated carbocycles. The van der Waals surface area contributed by atoms with Gasteiger partial charge in [0.15, 0.2) is 0 Å². The second-order valence-electron chi connectivity index (χ2n) is 18.7. The van der Waals surface area contributed by atoms with Gasteiger partial charge in [0.2, 0.25) is 0 Å². The number of nitrogens with zero attached hydrogens (tertiary/aromatic N) is 2. The molecule has 10 aromatic carbocycles. The number of hydrogen-bond acceptors (Lipinski definition) is 0. The van der Waals surface area contributed by atoms with E-state index in [9.17, 15) is 0 Å². The molecule has 306 valence electrons. The maximum absolute atomic E-state index is 2.50. The molecule has 2 aromatic heterocycles. The number of aromatic nitrogens is 2. The van der Waals surface area contributed by atoms with Crippen molar-refractivity contribution in [2.24, 2.45) is 0 Å². The van der Waals surface area contributed by atoms with Crippen LogP contribution in [0.4, 0.5) is 0 Å². The molecule has 2 heteroatoms. The molecule has 2 nitrogen and oxygen atoms in total. The van der Waals surface area contributed by atoms with Gasteiger partial charge in [-0.1, -0.05) is 172 Å². The topological polar surface area (TPSA) is 9.86 Å². The predicted octanol–water partition coefficient (Wildman–Crippen LogP) is 16.8. The molecule has 0 N–H and O–H groups in total. The lowest BCUT2D eigenvalue weighted by Gasteiger charge is -2.24. The Balaban J connectivity index is 1.16. The van der Waals surface area contributed by atoms with Gasteiger partial charge in [-0.25, -0.2) is 0 Å². The molecule has 0 spiro atoms. The standard InChI is InChI=1S/C63H44N2/c1-63(2)54-24-10-5-22-50(54)62-51(23-15-25-55(62)63)61-49-35-33-42(64-56-26-11-6-18-44(56)45-19-7-12-27-57(45)64)37-52(49)60(41-31-30-39-16-3-4-17-40(39)36-41)48-34-32-43(38-53(48)61)65-58-28-13-8-20-46(58)47-21-9-14-29-59(47)65/h3,5-16,18-38H,4,17H2,1-2H3. The van der Waals surface area contributed by atoms with Crippen LogP contribution in [0.25, 0.3) is 116 Å². The van der Waals surface area contributed by atoms with Crippen molar-refractivity contribution >= 4 is 71.2 Å². The molecule has 0 bridgehead atoms. The summed E-state index contributed by atoms with van der Waals surface area (Å²) in [5.41, 5.74) is 20.3. The van der Waals surface area contributed by atoms with Crippen molar-refractivity contribution in [3.63, 3.8) is 0 Å². The number of para-hydroxylation sites is 4. The highest BCUT2D eigenvalue weighted by Gasteiger charge is 2.37. The van der Waals surface area contributed by atoms with Gasteiger partial charge in [-0.15, -0.1) is 0 Å². The summed E-state index contributed by atoms with van der Waals surface area (Å²) in [6.45, 7) is 4.79. The molecule has 0 atom stereocenters. The first-order chi connectivity index (χ1) is 32.0. The SMILES string of the molecule is CC1(C)c2ccccc2-c2c(-c3c4ccc(-n5c6ccccc6c6ccccc65)cc4c(-c4ccc5c(c4)CCC=C5)c4ccc(-n5c6ccccc6c6ccccc65)cc34)cccc21. The summed E-state index contributed by atoms with van der Waals surface area (Å²) in [5.74, 6) is 0. The van der Waals surface area contributed by atoms with Gasteiger partial charge in [0.1, 0.15) is 0 Å². The van der Waals surface area contributed by atoms with E-state index in [-0.39, 0.29) is 5.41 Å². The minimum atomic E-state index is -0.136. The van der Waals surface area contributed by atoms with Gasteiger partial charge < -0.3 is 9.13 Å². The lowest BCUT2D eigenvalue weighted by molar-refractivity contribution is 0.660. The minimum absolute atomic E-state index is 0.136. The fourth-order valence-corrected chi connectivity index (χ4v) is 12.0. The van der Waals surface area contributed by atoms with E-state index in [1.807, 2.05) is 0 Å². The van der Waals surface area contributed by atoms with Gasteiger partial charge in [0.25, 0.3) is 0 Å². The molecule has 14 rings (SSSR count). The molecule has 65 heavy (non-hydrogen) atoms. The molecule has 0 saturated heterocycles. The Morgan fingerprint density at radius 1 is 0.385 bits per heavy atom. The summed E-state index contributed by atoms with van der Waals surface area (Å²) in [6, 6.07) is 73.4. The van der Waals surface area contributed by atoms with E-state index in [0.29, 0.717) is 0 Å². The highest BCUT2D eigenvalue weighted by atomic mass is 15.0. The summed E-state index contributed by atoms with van der Waals surface area (Å²) in [5, 5.41) is 10.1. The first kappa shape index (κ1) is 36.5. The zero-order valence-corrected chi connectivity index (χ0v) is 36.4. The van der Waals surface area contributed by atoms with Crippen LogP contribution in [0.5, 0.6) is 0 Å². The second-order valence-corrected chi connectivity index (χ2v) is 18.7. The van der Waals surface area contributed by atoms with Crippen LogP contribution in [-0.4, -0.2) is 9.13 Å². The Kier molecular flexibility index (Phi) is 7.61. The van der Waals surface area contributed by atoms with E-state index >= 15 is 0 Å². The smallest absolute Gasteiger partial charge is 0.0541 e. The van der Waals surface area contributed by atoms with E-state index in [0.717, 1.165) is 24.2 Å². The van der Waals surface area contributed by atoms with E-state index in [4.69, 9.17) is 0 Å². The number of rotatable bonds is 4. The molecule has 12 aromatic rings. The number of hydrogen-bond donors (Lipinski definition) is 0. The molecule has 0 aliphatic heterocycles. The lowest BCUT2D eigenvalue weighted by atomic mass is 9.80. The monoisotopic (exact) mass is 828 g/mol. The van der Waals surface area contributed by atoms with Crippen LogP contribution >= 0.6 is 0 Å². The first-order valence-corrected chi connectivity index (χ1v) is 23.1. The zero-order chi connectivity index (χ0) is 43.0. The second kappa shape index (κ2) is 13.5. The molecule has 2 aliphatic rings. The third-order valence-electron chi connectivity index (χ3n) is 14.9. The van der Waals surface area contributed by atoms with Gasteiger partial charge in [-0.3, -0.25) is 0 Å². The number of fused-ring (bicyclic) bond motifs is 12. The van der Waals surface area contributed by atoms with Gasteiger partial charge in [0.05, 0.1) is 22.1 Å². The van der Waals surface area contributed by atoms with Crippen molar-refractivity contribution in [1.82, 2.24) is 9.13 Å². The summed E-state index contributed by atoms with van der Waals surface area (Å²) < 4.78 is 4.95. The maximum Gasteiger partial charge on any atom is 0.0541 e. The molecule has 0 fully saturated rings. The van der Waals surface area contributed by atoms with Gasteiger partial charge in [0, 0.05) is 38.3 Å². The maximum atomic E-state index is 2.50. The molecular formula is C63H44N2. The number of allylic oxidation sites excluding steroid dienone is 1. The molecular weight excluding hydrogens is 785 g/mol. The van der Waals surface area contributed by atoms with E-state index in [2.05, 4.69) is 229 Å². The van der Waals surface area contributed by atoms with Gasteiger partial charge in [-0.2, -0.15) is 0 Å². The van der Waals surface area contributed by atoms with Crippen molar-refractivity contribution < 1.29 is 0 Å². The van der Waals surface area contributed by atoms with Crippen molar-refractivity contribution in [3.05, 3.63) is 222 Å². The first-order valence-electron chi connectivity index (χ1n) is 23.1. The Hall–Kier alpha value is -7.94. The summed E-state index contributed by atoms with van der Waals surface area (Å²) in [6.07, 6.45) is 6.72. The number of benzene rings is 10. The van der Waals surface area contributed by atoms with Crippen LogP contribution in [0.3, 0.4) is 0 Å². The van der Waals surface area contributed by atoms with Crippen molar-refractivity contribution in [2.75, 3.05) is 0 Å². The van der Waals surface area contributed by atoms with Crippen LogP contribution < -0.4 is 0 Å². The van der Waals surface area contributed by atoms with Crippen LogP contribution in [0.2, 0.25) is 0 Å². The number of aryl methyl sites for hydroxylation is 1. The molecule has 2 heterocycles. The fraction of sp³-hybridized carbons (Fsp3) is 0.0794. The van der Waals surface area contributed by atoms with E-state index < -0.39 is 0 Å². The van der Waals surface area contributed by atoms with Crippen molar-refractivity contribution in [2.45, 2.75) is 32.1 Å². The Morgan fingerprint density at radius 2 is 0.892 bits per heavy atom. The summed E-state index contributed by atoms with van der Waals surface area (Å²) >= 11 is 0. The van der Waals surface area contributed by atoms with Crippen molar-refractivity contribution in [1.29, 1.82) is 0 Å². The fourth-order valence-electron chi connectivity index (χ4n) is 12.0. The highest BCUT2D eigenvalue weighted by Crippen LogP contribution is 2.55. The lowest BCUT2D eigenvalue weighted by Crippen LogP contribution is -2.14. The third kappa shape index (κ3) is 5.11. The molecule has 0 radical (unpaired) electrons. The van der Waals surface area contributed by atoms with Crippen molar-refractivity contribution in [3.8, 4) is 44.8 Å². The zero-order valence-electron chi connectivity index (χ0n) is 36.4. The third-order valence-corrected chi connectivity index (χ3v) is 14.9. The Labute approximate surface area is 377 Å². The van der Waals surface area contributed by atoms with Gasteiger partial charge in [-0.05, 0) is 139 Å². The van der Waals surface area contributed by atoms with Crippen LogP contribution in [-0.2, 0) is 11.8 Å². The summed E-state index contributed by atoms with van der Waals surface area (Å²) in [4.78, 5) is 0. The minimum Gasteiger partial charge on any atom is -0.309 e. The normalized spacial score (nSPS) is 13.9. The summed E-state index contributed by atoms with van der Waals surface area (Å²) in [7, 11) is 0. The average molecular weight is 829 g/mol. The quantitative estimate of drug-likeness (QED) is 0.156. The Morgan fingerprint density at radius 3 is 1.51 bits per heavy atom. The van der Waals surface area contributed by atoms with Crippen LogP contribution in [0.1, 0.15) is 42.5 Å². The largest absolute Gasteiger partial charge is 0.309 e.